The summed E-state index contributed by atoms with van der Waals surface area (Å²) in [5.74, 6) is -1.11. The molecule has 1 atom stereocenters. The first-order valence-corrected chi connectivity index (χ1v) is 5.77. The fourth-order valence-electron chi connectivity index (χ4n) is 1.90. The number of nitrogens with zero attached hydrogens (tertiary/aromatic N) is 1. The van der Waals surface area contributed by atoms with E-state index >= 15 is 0 Å². The molecule has 0 aromatic rings. The number of hydrogen-bond donors (Lipinski definition) is 2. The Morgan fingerprint density at radius 1 is 1.53 bits per heavy atom. The number of carbonyl (C=O) groups excluding carboxylic acids is 1. The van der Waals surface area contributed by atoms with E-state index in [0.717, 1.165) is 0 Å². The van der Waals surface area contributed by atoms with Gasteiger partial charge >= 0.3 is 5.97 Å². The number of rotatable bonds is 4. The molecule has 0 saturated carbocycles. The van der Waals surface area contributed by atoms with E-state index in [9.17, 15) is 9.59 Å². The topological polar surface area (TPSA) is 78.9 Å². The number of hydrogen-bond acceptors (Lipinski definition) is 4. The Balaban J connectivity index is 2.66. The van der Waals surface area contributed by atoms with Crippen molar-refractivity contribution in [3.63, 3.8) is 0 Å². The van der Waals surface area contributed by atoms with Crippen LogP contribution < -0.4 is 5.32 Å². The summed E-state index contributed by atoms with van der Waals surface area (Å²) in [5.41, 5.74) is -0.671. The van der Waals surface area contributed by atoms with Gasteiger partial charge in [0.2, 0.25) is 5.91 Å². The molecule has 2 N–H and O–H groups in total. The van der Waals surface area contributed by atoms with E-state index in [2.05, 4.69) is 5.32 Å². The molecule has 0 bridgehead atoms. The van der Waals surface area contributed by atoms with Gasteiger partial charge in [-0.05, 0) is 20.4 Å². The number of carboxylic acid groups (broad SMARTS) is 1. The minimum absolute atomic E-state index is 0.0890. The molecule has 17 heavy (non-hydrogen) atoms. The van der Waals surface area contributed by atoms with Crippen LogP contribution in [0.2, 0.25) is 0 Å². The van der Waals surface area contributed by atoms with Crippen molar-refractivity contribution < 1.29 is 19.4 Å². The molecule has 6 heteroatoms. The Kier molecular flexibility index (Phi) is 4.47. The van der Waals surface area contributed by atoms with Crippen LogP contribution in [0.5, 0.6) is 0 Å². The number of ether oxygens (including phenoxy) is 1. The Hall–Kier alpha value is -1.14. The summed E-state index contributed by atoms with van der Waals surface area (Å²) in [5, 5.41) is 11.9. The minimum Gasteiger partial charge on any atom is -0.479 e. The highest BCUT2D eigenvalue weighted by Crippen LogP contribution is 2.12. The highest BCUT2D eigenvalue weighted by Gasteiger charge is 2.35. The Labute approximate surface area is 101 Å². The fourth-order valence-corrected chi connectivity index (χ4v) is 1.90. The molecule has 6 nitrogen and oxygen atoms in total. The number of morpholine rings is 1. The van der Waals surface area contributed by atoms with Crippen molar-refractivity contribution >= 4 is 11.9 Å². The predicted molar refractivity (Wildman–Crippen MR) is 61.7 cm³/mol. The van der Waals surface area contributed by atoms with E-state index < -0.39 is 17.6 Å². The zero-order valence-corrected chi connectivity index (χ0v) is 10.5. The van der Waals surface area contributed by atoms with Crippen LogP contribution in [0.4, 0.5) is 0 Å². The van der Waals surface area contributed by atoms with Crippen LogP contribution in [0.3, 0.4) is 0 Å². The quantitative estimate of drug-likeness (QED) is 0.709. The molecule has 1 saturated heterocycles. The second-order valence-electron chi connectivity index (χ2n) is 4.60. The number of amides is 1. The third-order valence-corrected chi connectivity index (χ3v) is 2.78. The second-order valence-corrected chi connectivity index (χ2v) is 4.60. The lowest BCUT2D eigenvalue weighted by molar-refractivity contribution is -0.161. The molecular weight excluding hydrogens is 224 g/mol. The average Bonchev–Trinajstić information content (AvgIpc) is 2.28. The first kappa shape index (κ1) is 13.9. The van der Waals surface area contributed by atoms with Crippen molar-refractivity contribution in [1.82, 2.24) is 10.2 Å². The Bertz CT molecular complexity index is 304. The molecule has 0 radical (unpaired) electrons. The first-order valence-electron chi connectivity index (χ1n) is 5.77. The van der Waals surface area contributed by atoms with E-state index in [-0.39, 0.29) is 19.1 Å². The molecule has 98 valence electrons. The van der Waals surface area contributed by atoms with Gasteiger partial charge in [0.15, 0.2) is 6.10 Å². The van der Waals surface area contributed by atoms with E-state index in [0.29, 0.717) is 13.1 Å². The smallest absolute Gasteiger partial charge is 0.334 e. The van der Waals surface area contributed by atoms with Crippen molar-refractivity contribution in [2.75, 3.05) is 26.2 Å². The third kappa shape index (κ3) is 3.41. The van der Waals surface area contributed by atoms with Gasteiger partial charge in [-0.2, -0.15) is 0 Å². The van der Waals surface area contributed by atoms with Crippen LogP contribution in [0.25, 0.3) is 0 Å². The van der Waals surface area contributed by atoms with E-state index in [1.54, 1.807) is 18.7 Å². The lowest BCUT2D eigenvalue weighted by atomic mass is 10.0. The largest absolute Gasteiger partial charge is 0.479 e. The Morgan fingerprint density at radius 3 is 2.71 bits per heavy atom. The molecule has 1 aliphatic heterocycles. The number of likely N-dealkylation sites (N-methyl/N-ethyl adjacent to an activating group) is 1. The molecule has 1 unspecified atom stereocenters. The maximum absolute atomic E-state index is 12.2. The van der Waals surface area contributed by atoms with E-state index in [1.807, 2.05) is 6.92 Å². The molecule has 0 aliphatic carbocycles. The van der Waals surface area contributed by atoms with Crippen molar-refractivity contribution in [2.24, 2.45) is 0 Å². The molecule has 1 aliphatic rings. The summed E-state index contributed by atoms with van der Waals surface area (Å²) in [6, 6.07) is 0. The Morgan fingerprint density at radius 2 is 2.18 bits per heavy atom. The van der Waals surface area contributed by atoms with Crippen LogP contribution in [0.1, 0.15) is 20.8 Å². The van der Waals surface area contributed by atoms with Crippen molar-refractivity contribution in [2.45, 2.75) is 32.4 Å². The molecule has 1 amide bonds. The summed E-state index contributed by atoms with van der Waals surface area (Å²) in [6.07, 6.45) is -0.912. The molecule has 1 heterocycles. The minimum atomic E-state index is -1.02. The van der Waals surface area contributed by atoms with Gasteiger partial charge in [0.05, 0.1) is 18.7 Å². The standard InChI is InChI=1S/C11H20N2O4/c1-4-12-11(2,3)10(16)13-5-6-17-8(7-13)9(14)15/h8,12H,4-7H2,1-3H3,(H,14,15). The fraction of sp³-hybridized carbons (Fsp3) is 0.818. The molecule has 0 aromatic carbocycles. The van der Waals surface area contributed by atoms with E-state index in [1.165, 1.54) is 0 Å². The maximum Gasteiger partial charge on any atom is 0.334 e. The SMILES string of the molecule is CCNC(C)(C)C(=O)N1CCOC(C(=O)O)C1. The number of carbonyl (C=O) groups is 2. The number of aliphatic carboxylic acids is 1. The van der Waals surface area contributed by atoms with Crippen LogP contribution >= 0.6 is 0 Å². The number of nitrogens with one attached hydrogen (secondary N) is 1. The van der Waals surface area contributed by atoms with Crippen molar-refractivity contribution in [3.05, 3.63) is 0 Å². The zero-order valence-electron chi connectivity index (χ0n) is 10.5. The van der Waals surface area contributed by atoms with Gasteiger partial charge in [-0.25, -0.2) is 4.79 Å². The molecule has 0 aromatic heterocycles. The summed E-state index contributed by atoms with van der Waals surface area (Å²) >= 11 is 0. The van der Waals surface area contributed by atoms with Gasteiger partial charge < -0.3 is 20.1 Å². The van der Waals surface area contributed by atoms with Crippen molar-refractivity contribution in [1.29, 1.82) is 0 Å². The molecule has 0 spiro atoms. The molecular formula is C11H20N2O4. The van der Waals surface area contributed by atoms with Gasteiger partial charge in [-0.3, -0.25) is 4.79 Å². The van der Waals surface area contributed by atoms with Crippen LogP contribution in [-0.4, -0.2) is 59.8 Å². The highest BCUT2D eigenvalue weighted by atomic mass is 16.5. The highest BCUT2D eigenvalue weighted by molar-refractivity contribution is 5.86. The van der Waals surface area contributed by atoms with Crippen LogP contribution in [0.15, 0.2) is 0 Å². The lowest BCUT2D eigenvalue weighted by Crippen LogP contribution is -2.58. The zero-order chi connectivity index (χ0) is 13.1. The first-order chi connectivity index (χ1) is 7.88. The van der Waals surface area contributed by atoms with E-state index in [4.69, 9.17) is 9.84 Å². The third-order valence-electron chi connectivity index (χ3n) is 2.78. The number of carboxylic acids is 1. The summed E-state index contributed by atoms with van der Waals surface area (Å²) in [6.45, 7) is 7.03. The van der Waals surface area contributed by atoms with Crippen molar-refractivity contribution in [3.8, 4) is 0 Å². The normalized spacial score (nSPS) is 21.4. The second kappa shape index (κ2) is 5.46. The monoisotopic (exact) mass is 244 g/mol. The molecule has 1 rings (SSSR count). The average molecular weight is 244 g/mol. The summed E-state index contributed by atoms with van der Waals surface area (Å²) in [7, 11) is 0. The van der Waals surface area contributed by atoms with Gasteiger partial charge in [-0.1, -0.05) is 6.92 Å². The lowest BCUT2D eigenvalue weighted by Gasteiger charge is -2.36. The van der Waals surface area contributed by atoms with Gasteiger partial charge in [-0.15, -0.1) is 0 Å². The summed E-state index contributed by atoms with van der Waals surface area (Å²) in [4.78, 5) is 24.6. The van der Waals surface area contributed by atoms with Gasteiger partial charge in [0.25, 0.3) is 0 Å². The summed E-state index contributed by atoms with van der Waals surface area (Å²) < 4.78 is 5.08. The molecule has 1 fully saturated rings. The maximum atomic E-state index is 12.2. The predicted octanol–water partition coefficient (Wildman–Crippen LogP) is -0.313. The van der Waals surface area contributed by atoms with Gasteiger partial charge in [0.1, 0.15) is 0 Å². The van der Waals surface area contributed by atoms with Crippen LogP contribution in [0, 0.1) is 0 Å². The van der Waals surface area contributed by atoms with Crippen LogP contribution in [-0.2, 0) is 14.3 Å². The van der Waals surface area contributed by atoms with Gasteiger partial charge in [0, 0.05) is 6.54 Å².